The molecule has 100 valence electrons. The minimum Gasteiger partial charge on any atom is -0.344 e. The summed E-state index contributed by atoms with van der Waals surface area (Å²) in [6.07, 6.45) is 3.26. The smallest absolute Gasteiger partial charge is 0.239 e. The first-order valence-corrected chi connectivity index (χ1v) is 6.41. The van der Waals surface area contributed by atoms with Crippen molar-refractivity contribution in [2.75, 3.05) is 13.6 Å². The molecule has 4 heteroatoms. The number of hydrogen-bond acceptors (Lipinski definition) is 3. The van der Waals surface area contributed by atoms with E-state index in [0.29, 0.717) is 12.5 Å². The topological polar surface area (TPSA) is 59.2 Å². The van der Waals surface area contributed by atoms with E-state index in [4.69, 9.17) is 5.73 Å². The molecule has 0 aliphatic rings. The Morgan fingerprint density at radius 1 is 1.44 bits per heavy atom. The van der Waals surface area contributed by atoms with Crippen molar-refractivity contribution in [3.63, 3.8) is 0 Å². The molecule has 1 heterocycles. The Bertz CT molecular complexity index is 365. The highest BCUT2D eigenvalue weighted by atomic mass is 16.2. The van der Waals surface area contributed by atoms with Crippen LogP contribution in [0.15, 0.2) is 24.4 Å². The molecular weight excluding hydrogens is 226 g/mol. The normalized spacial score (nSPS) is 12.5. The Balaban J connectivity index is 2.40. The van der Waals surface area contributed by atoms with Crippen LogP contribution in [0.3, 0.4) is 0 Å². The van der Waals surface area contributed by atoms with Crippen molar-refractivity contribution in [2.45, 2.75) is 32.7 Å². The third-order valence-electron chi connectivity index (χ3n) is 2.85. The zero-order chi connectivity index (χ0) is 13.5. The number of hydrogen-bond donors (Lipinski definition) is 1. The van der Waals surface area contributed by atoms with E-state index in [0.717, 1.165) is 18.5 Å². The van der Waals surface area contributed by atoms with E-state index >= 15 is 0 Å². The van der Waals surface area contributed by atoms with Crippen molar-refractivity contribution in [2.24, 2.45) is 11.7 Å². The predicted molar refractivity (Wildman–Crippen MR) is 73.0 cm³/mol. The van der Waals surface area contributed by atoms with Crippen LogP contribution in [-0.2, 0) is 11.2 Å². The second-order valence-electron chi connectivity index (χ2n) is 5.07. The van der Waals surface area contributed by atoms with Crippen LogP contribution in [0, 0.1) is 5.92 Å². The van der Waals surface area contributed by atoms with Gasteiger partial charge in [-0.3, -0.25) is 9.78 Å². The fourth-order valence-electron chi connectivity index (χ4n) is 1.83. The van der Waals surface area contributed by atoms with Crippen molar-refractivity contribution in [3.05, 3.63) is 30.1 Å². The van der Waals surface area contributed by atoms with Crippen LogP contribution < -0.4 is 5.73 Å². The van der Waals surface area contributed by atoms with Gasteiger partial charge in [-0.15, -0.1) is 0 Å². The Morgan fingerprint density at radius 3 is 2.72 bits per heavy atom. The Morgan fingerprint density at radius 2 is 2.17 bits per heavy atom. The van der Waals surface area contributed by atoms with Gasteiger partial charge in [0.1, 0.15) is 0 Å². The first-order valence-electron chi connectivity index (χ1n) is 6.41. The van der Waals surface area contributed by atoms with Gasteiger partial charge >= 0.3 is 0 Å². The maximum absolute atomic E-state index is 12.0. The van der Waals surface area contributed by atoms with Gasteiger partial charge in [-0.05, 0) is 24.5 Å². The van der Waals surface area contributed by atoms with Gasteiger partial charge in [-0.25, -0.2) is 0 Å². The zero-order valence-electron chi connectivity index (χ0n) is 11.5. The quantitative estimate of drug-likeness (QED) is 0.830. The molecule has 0 bridgehead atoms. The average molecular weight is 249 g/mol. The summed E-state index contributed by atoms with van der Waals surface area (Å²) < 4.78 is 0. The minimum absolute atomic E-state index is 0.0135. The molecule has 0 aliphatic carbocycles. The summed E-state index contributed by atoms with van der Waals surface area (Å²) in [5.41, 5.74) is 6.88. The Hall–Kier alpha value is -1.42. The number of nitrogens with zero attached hydrogens (tertiary/aromatic N) is 2. The van der Waals surface area contributed by atoms with Crippen LogP contribution in [0.1, 0.15) is 26.0 Å². The van der Waals surface area contributed by atoms with Crippen molar-refractivity contribution in [1.82, 2.24) is 9.88 Å². The third-order valence-corrected chi connectivity index (χ3v) is 2.85. The van der Waals surface area contributed by atoms with Gasteiger partial charge in [0, 0.05) is 31.9 Å². The lowest BCUT2D eigenvalue weighted by atomic mass is 10.0. The van der Waals surface area contributed by atoms with Gasteiger partial charge in [-0.1, -0.05) is 19.9 Å². The van der Waals surface area contributed by atoms with E-state index in [2.05, 4.69) is 18.8 Å². The number of carbonyl (C=O) groups excluding carboxylic acids is 1. The molecule has 1 atom stereocenters. The van der Waals surface area contributed by atoms with E-state index in [1.807, 2.05) is 18.2 Å². The van der Waals surface area contributed by atoms with Gasteiger partial charge in [0.05, 0.1) is 6.04 Å². The van der Waals surface area contributed by atoms with E-state index in [-0.39, 0.29) is 5.91 Å². The maximum atomic E-state index is 12.0. The fraction of sp³-hybridized carbons (Fsp3) is 0.571. The molecule has 0 spiro atoms. The number of likely N-dealkylation sites (N-methyl/N-ethyl adjacent to an activating group) is 1. The van der Waals surface area contributed by atoms with Gasteiger partial charge in [-0.2, -0.15) is 0 Å². The van der Waals surface area contributed by atoms with Crippen LogP contribution in [0.2, 0.25) is 0 Å². The summed E-state index contributed by atoms with van der Waals surface area (Å²) in [5.74, 6) is 0.452. The van der Waals surface area contributed by atoms with Gasteiger partial charge in [0.15, 0.2) is 0 Å². The van der Waals surface area contributed by atoms with Crippen molar-refractivity contribution < 1.29 is 4.79 Å². The Kier molecular flexibility index (Phi) is 5.78. The number of rotatable bonds is 6. The third kappa shape index (κ3) is 4.84. The SMILES string of the molecule is CC(C)C[C@H](N)C(=O)N(C)CCc1ccccn1. The number of amides is 1. The number of pyridine rings is 1. The molecule has 1 rings (SSSR count). The second kappa shape index (κ2) is 7.11. The van der Waals surface area contributed by atoms with E-state index in [1.54, 1.807) is 18.1 Å². The van der Waals surface area contributed by atoms with Gasteiger partial charge in [0.2, 0.25) is 5.91 Å². The molecule has 0 saturated carbocycles. The summed E-state index contributed by atoms with van der Waals surface area (Å²) >= 11 is 0. The molecule has 1 amide bonds. The minimum atomic E-state index is -0.390. The maximum Gasteiger partial charge on any atom is 0.239 e. The summed E-state index contributed by atoms with van der Waals surface area (Å²) in [4.78, 5) is 17.9. The highest BCUT2D eigenvalue weighted by Crippen LogP contribution is 2.05. The van der Waals surface area contributed by atoms with Crippen molar-refractivity contribution >= 4 is 5.91 Å². The lowest BCUT2D eigenvalue weighted by Gasteiger charge is -2.22. The highest BCUT2D eigenvalue weighted by molar-refractivity contribution is 5.81. The number of aromatic nitrogens is 1. The van der Waals surface area contributed by atoms with Gasteiger partial charge in [0.25, 0.3) is 0 Å². The predicted octanol–water partition coefficient (Wildman–Crippen LogP) is 1.46. The molecule has 18 heavy (non-hydrogen) atoms. The molecule has 2 N–H and O–H groups in total. The Labute approximate surface area is 109 Å². The molecular formula is C14H23N3O. The molecule has 4 nitrogen and oxygen atoms in total. The van der Waals surface area contributed by atoms with Crippen LogP contribution in [0.4, 0.5) is 0 Å². The van der Waals surface area contributed by atoms with Crippen LogP contribution in [-0.4, -0.2) is 35.4 Å². The number of nitrogens with two attached hydrogens (primary N) is 1. The average Bonchev–Trinajstić information content (AvgIpc) is 2.35. The first kappa shape index (κ1) is 14.6. The van der Waals surface area contributed by atoms with Crippen LogP contribution in [0.5, 0.6) is 0 Å². The zero-order valence-corrected chi connectivity index (χ0v) is 11.5. The largest absolute Gasteiger partial charge is 0.344 e. The molecule has 0 fully saturated rings. The molecule has 0 unspecified atom stereocenters. The molecule has 0 aromatic carbocycles. The standard InChI is InChI=1S/C14H23N3O/c1-11(2)10-13(15)14(18)17(3)9-7-12-6-4-5-8-16-12/h4-6,8,11,13H,7,9-10,15H2,1-3H3/t13-/m0/s1. The lowest BCUT2D eigenvalue weighted by Crippen LogP contribution is -2.43. The number of carbonyl (C=O) groups is 1. The van der Waals surface area contributed by atoms with Crippen LogP contribution in [0.25, 0.3) is 0 Å². The van der Waals surface area contributed by atoms with E-state index in [9.17, 15) is 4.79 Å². The molecule has 1 aromatic rings. The first-order chi connectivity index (χ1) is 8.50. The lowest BCUT2D eigenvalue weighted by molar-refractivity contribution is -0.131. The summed E-state index contributed by atoms with van der Waals surface area (Å²) in [6.45, 7) is 4.80. The summed E-state index contributed by atoms with van der Waals surface area (Å²) in [6, 6.07) is 5.41. The van der Waals surface area contributed by atoms with Crippen molar-refractivity contribution in [1.29, 1.82) is 0 Å². The molecule has 0 aliphatic heterocycles. The summed E-state index contributed by atoms with van der Waals surface area (Å²) in [7, 11) is 1.80. The molecule has 0 saturated heterocycles. The van der Waals surface area contributed by atoms with Gasteiger partial charge < -0.3 is 10.6 Å². The van der Waals surface area contributed by atoms with E-state index < -0.39 is 6.04 Å². The monoisotopic (exact) mass is 249 g/mol. The summed E-state index contributed by atoms with van der Waals surface area (Å²) in [5, 5.41) is 0. The fourth-order valence-corrected chi connectivity index (χ4v) is 1.83. The molecule has 0 radical (unpaired) electrons. The van der Waals surface area contributed by atoms with E-state index in [1.165, 1.54) is 0 Å². The second-order valence-corrected chi connectivity index (χ2v) is 5.07. The van der Waals surface area contributed by atoms with Crippen LogP contribution >= 0.6 is 0 Å². The molecule has 1 aromatic heterocycles. The highest BCUT2D eigenvalue weighted by Gasteiger charge is 2.18. The van der Waals surface area contributed by atoms with Crippen molar-refractivity contribution in [3.8, 4) is 0 Å².